The van der Waals surface area contributed by atoms with E-state index >= 15 is 0 Å². The molecule has 0 saturated heterocycles. The van der Waals surface area contributed by atoms with Gasteiger partial charge in [-0.1, -0.05) is 17.8 Å². The Hall–Kier alpha value is -1.79. The van der Waals surface area contributed by atoms with E-state index in [4.69, 9.17) is 4.74 Å². The van der Waals surface area contributed by atoms with Crippen LogP contribution in [0.1, 0.15) is 22.5 Å². The zero-order chi connectivity index (χ0) is 17.7. The number of carbonyl (C=O) groups is 1. The molecular formula is C18H25N3O2S. The van der Waals surface area contributed by atoms with Gasteiger partial charge < -0.3 is 14.6 Å². The lowest BCUT2D eigenvalue weighted by Crippen LogP contribution is -2.15. The van der Waals surface area contributed by atoms with Crippen molar-refractivity contribution in [1.29, 1.82) is 0 Å². The summed E-state index contributed by atoms with van der Waals surface area (Å²) in [6, 6.07) is 6.04. The van der Waals surface area contributed by atoms with Gasteiger partial charge in [-0.05, 0) is 51.0 Å². The molecule has 0 unspecified atom stereocenters. The molecular weight excluding hydrogens is 322 g/mol. The molecule has 2 rings (SSSR count). The fraction of sp³-hybridized carbons (Fsp3) is 0.444. The minimum Gasteiger partial charge on any atom is -0.383 e. The molecule has 1 aromatic heterocycles. The van der Waals surface area contributed by atoms with Crippen LogP contribution in [0.5, 0.6) is 0 Å². The number of aromatic nitrogens is 2. The zero-order valence-electron chi connectivity index (χ0n) is 15.0. The fourth-order valence-corrected chi connectivity index (χ4v) is 3.47. The molecule has 1 amide bonds. The molecule has 0 spiro atoms. The predicted molar refractivity (Wildman–Crippen MR) is 98.8 cm³/mol. The zero-order valence-corrected chi connectivity index (χ0v) is 15.8. The molecule has 0 aliphatic carbocycles. The molecule has 5 nitrogen and oxygen atoms in total. The highest BCUT2D eigenvalue weighted by molar-refractivity contribution is 7.99. The van der Waals surface area contributed by atoms with Crippen molar-refractivity contribution in [3.8, 4) is 0 Å². The molecule has 130 valence electrons. The summed E-state index contributed by atoms with van der Waals surface area (Å²) in [6.45, 7) is 9.43. The van der Waals surface area contributed by atoms with Crippen LogP contribution in [0.3, 0.4) is 0 Å². The van der Waals surface area contributed by atoms with Gasteiger partial charge in [-0.2, -0.15) is 0 Å². The van der Waals surface area contributed by atoms with E-state index in [1.54, 1.807) is 7.11 Å². The van der Waals surface area contributed by atoms with Crippen LogP contribution in [0.4, 0.5) is 5.69 Å². The summed E-state index contributed by atoms with van der Waals surface area (Å²) in [6.07, 6.45) is 0. The van der Waals surface area contributed by atoms with E-state index in [1.165, 1.54) is 11.8 Å². The second kappa shape index (κ2) is 8.35. The number of benzene rings is 1. The van der Waals surface area contributed by atoms with Gasteiger partial charge in [-0.3, -0.25) is 4.79 Å². The normalized spacial score (nSPS) is 10.9. The minimum atomic E-state index is -0.0263. The first-order valence-corrected chi connectivity index (χ1v) is 8.93. The van der Waals surface area contributed by atoms with Crippen molar-refractivity contribution < 1.29 is 9.53 Å². The molecule has 0 atom stereocenters. The third-order valence-electron chi connectivity index (χ3n) is 3.78. The van der Waals surface area contributed by atoms with Gasteiger partial charge in [0.1, 0.15) is 0 Å². The number of imidazole rings is 1. The Morgan fingerprint density at radius 2 is 1.88 bits per heavy atom. The number of hydrogen-bond acceptors (Lipinski definition) is 4. The smallest absolute Gasteiger partial charge is 0.234 e. The van der Waals surface area contributed by atoms with Gasteiger partial charge in [0.15, 0.2) is 5.16 Å². The predicted octanol–water partition coefficient (Wildman–Crippen LogP) is 3.49. The Morgan fingerprint density at radius 3 is 2.50 bits per heavy atom. The van der Waals surface area contributed by atoms with E-state index in [0.717, 1.165) is 39.9 Å². The van der Waals surface area contributed by atoms with Gasteiger partial charge in [0.25, 0.3) is 0 Å². The number of ether oxygens (including phenoxy) is 1. The van der Waals surface area contributed by atoms with Gasteiger partial charge in [0.2, 0.25) is 5.91 Å². The number of methoxy groups -OCH3 is 1. The third kappa shape index (κ3) is 4.85. The van der Waals surface area contributed by atoms with E-state index in [2.05, 4.69) is 20.9 Å². The monoisotopic (exact) mass is 347 g/mol. The van der Waals surface area contributed by atoms with Crippen LogP contribution in [-0.4, -0.2) is 34.9 Å². The molecule has 0 aliphatic rings. The third-order valence-corrected chi connectivity index (χ3v) is 4.76. The lowest BCUT2D eigenvalue weighted by atomic mass is 10.1. The van der Waals surface area contributed by atoms with Gasteiger partial charge in [-0.25, -0.2) is 4.98 Å². The van der Waals surface area contributed by atoms with Crippen molar-refractivity contribution in [3.05, 3.63) is 40.7 Å². The quantitative estimate of drug-likeness (QED) is 0.779. The Balaban J connectivity index is 2.00. The van der Waals surface area contributed by atoms with Crippen LogP contribution >= 0.6 is 11.8 Å². The molecule has 1 aromatic carbocycles. The van der Waals surface area contributed by atoms with Crippen LogP contribution in [0.2, 0.25) is 0 Å². The van der Waals surface area contributed by atoms with Crippen LogP contribution < -0.4 is 5.32 Å². The molecule has 0 saturated carbocycles. The molecule has 1 heterocycles. The fourth-order valence-electron chi connectivity index (χ4n) is 2.55. The molecule has 1 N–H and O–H groups in total. The molecule has 0 fully saturated rings. The highest BCUT2D eigenvalue weighted by Gasteiger charge is 2.13. The SMILES string of the molecule is COCCn1c(SCC(=O)Nc2cc(C)cc(C)c2)nc(C)c1C. The number of aryl methyl sites for hydroxylation is 3. The van der Waals surface area contributed by atoms with E-state index < -0.39 is 0 Å². The molecule has 0 aliphatic heterocycles. The number of nitrogens with one attached hydrogen (secondary N) is 1. The van der Waals surface area contributed by atoms with Gasteiger partial charge in [0.05, 0.1) is 18.1 Å². The Labute approximate surface area is 147 Å². The van der Waals surface area contributed by atoms with Gasteiger partial charge >= 0.3 is 0 Å². The number of amides is 1. The van der Waals surface area contributed by atoms with Gasteiger partial charge in [-0.15, -0.1) is 0 Å². The first kappa shape index (κ1) is 18.5. The summed E-state index contributed by atoms with van der Waals surface area (Å²) in [5, 5.41) is 3.82. The molecule has 6 heteroatoms. The largest absolute Gasteiger partial charge is 0.383 e. The number of rotatable bonds is 7. The number of anilines is 1. The van der Waals surface area contributed by atoms with Crippen LogP contribution in [0, 0.1) is 27.7 Å². The van der Waals surface area contributed by atoms with E-state index in [9.17, 15) is 4.79 Å². The highest BCUT2D eigenvalue weighted by Crippen LogP contribution is 2.22. The van der Waals surface area contributed by atoms with Crippen molar-refractivity contribution >= 4 is 23.4 Å². The summed E-state index contributed by atoms with van der Waals surface area (Å²) in [7, 11) is 1.68. The maximum Gasteiger partial charge on any atom is 0.234 e. The Bertz CT molecular complexity index is 705. The summed E-state index contributed by atoms with van der Waals surface area (Å²) >= 11 is 1.45. The average molecular weight is 347 g/mol. The van der Waals surface area contributed by atoms with Crippen molar-refractivity contribution in [2.24, 2.45) is 0 Å². The van der Waals surface area contributed by atoms with Crippen molar-refractivity contribution in [2.45, 2.75) is 39.4 Å². The van der Waals surface area contributed by atoms with Crippen LogP contribution in [0.15, 0.2) is 23.4 Å². The second-order valence-corrected chi connectivity index (χ2v) is 6.87. The molecule has 0 radical (unpaired) electrons. The van der Waals surface area contributed by atoms with E-state index in [0.29, 0.717) is 12.4 Å². The average Bonchev–Trinajstić information content (AvgIpc) is 2.77. The topological polar surface area (TPSA) is 56.1 Å². The first-order valence-electron chi connectivity index (χ1n) is 7.94. The van der Waals surface area contributed by atoms with Crippen molar-refractivity contribution in [1.82, 2.24) is 9.55 Å². The van der Waals surface area contributed by atoms with E-state index in [1.807, 2.05) is 39.8 Å². The number of carbonyl (C=O) groups excluding carboxylic acids is 1. The Morgan fingerprint density at radius 1 is 1.21 bits per heavy atom. The molecule has 2 aromatic rings. The van der Waals surface area contributed by atoms with Crippen LogP contribution in [0.25, 0.3) is 0 Å². The summed E-state index contributed by atoms with van der Waals surface area (Å²) < 4.78 is 7.26. The highest BCUT2D eigenvalue weighted by atomic mass is 32.2. The maximum atomic E-state index is 12.2. The van der Waals surface area contributed by atoms with E-state index in [-0.39, 0.29) is 5.91 Å². The second-order valence-electron chi connectivity index (χ2n) is 5.92. The van der Waals surface area contributed by atoms with Crippen molar-refractivity contribution in [3.63, 3.8) is 0 Å². The van der Waals surface area contributed by atoms with Crippen LogP contribution in [-0.2, 0) is 16.1 Å². The molecule has 0 bridgehead atoms. The maximum absolute atomic E-state index is 12.2. The standard InChI is InChI=1S/C18H25N3O2S/c1-12-8-13(2)10-16(9-12)20-17(22)11-24-18-19-14(3)15(4)21(18)6-7-23-5/h8-10H,6-7,11H2,1-5H3,(H,20,22). The lowest BCUT2D eigenvalue weighted by Gasteiger charge is -2.10. The first-order chi connectivity index (χ1) is 11.4. The summed E-state index contributed by atoms with van der Waals surface area (Å²) in [5.74, 6) is 0.303. The summed E-state index contributed by atoms with van der Waals surface area (Å²) in [4.78, 5) is 16.8. The van der Waals surface area contributed by atoms with Crippen molar-refractivity contribution in [2.75, 3.05) is 24.8 Å². The number of thioether (sulfide) groups is 1. The Kier molecular flexibility index (Phi) is 6.45. The number of hydrogen-bond donors (Lipinski definition) is 1. The van der Waals surface area contributed by atoms with Gasteiger partial charge in [0, 0.05) is 25.0 Å². The molecule has 24 heavy (non-hydrogen) atoms. The summed E-state index contributed by atoms with van der Waals surface area (Å²) in [5.41, 5.74) is 5.22. The lowest BCUT2D eigenvalue weighted by molar-refractivity contribution is -0.113. The minimum absolute atomic E-state index is 0.0263. The number of nitrogens with zero attached hydrogens (tertiary/aromatic N) is 2.